The quantitative estimate of drug-likeness (QED) is 0.463. The maximum absolute atomic E-state index is 12.8. The zero-order valence-corrected chi connectivity index (χ0v) is 20.9. The van der Waals surface area contributed by atoms with Gasteiger partial charge in [-0.05, 0) is 61.7 Å². The highest BCUT2D eigenvalue weighted by Gasteiger charge is 2.28. The number of piperazine rings is 1. The largest absolute Gasteiger partial charge is 0.459 e. The molecule has 188 valence electrons. The summed E-state index contributed by atoms with van der Waals surface area (Å²) in [6.45, 7) is 8.34. The summed E-state index contributed by atoms with van der Waals surface area (Å²) < 4.78 is 5.50. The summed E-state index contributed by atoms with van der Waals surface area (Å²) in [4.78, 5) is 32.0. The summed E-state index contributed by atoms with van der Waals surface area (Å²) in [6.07, 6.45) is 3.87. The van der Waals surface area contributed by atoms with Gasteiger partial charge in [0.25, 0.3) is 5.91 Å². The van der Waals surface area contributed by atoms with Crippen LogP contribution in [-0.4, -0.2) is 56.0 Å². The number of rotatable bonds is 9. The van der Waals surface area contributed by atoms with Crippen molar-refractivity contribution < 1.29 is 14.0 Å². The Hall–Kier alpha value is -3.58. The molecule has 3 heterocycles. The smallest absolute Gasteiger partial charge is 0.287 e. The number of furan rings is 1. The van der Waals surface area contributed by atoms with E-state index in [0.29, 0.717) is 25.3 Å². The molecule has 0 spiro atoms. The van der Waals surface area contributed by atoms with Gasteiger partial charge in [0.05, 0.1) is 19.2 Å². The van der Waals surface area contributed by atoms with Crippen molar-refractivity contribution in [2.75, 3.05) is 49.1 Å². The molecular weight excluding hydrogens is 452 g/mol. The van der Waals surface area contributed by atoms with Gasteiger partial charge in [-0.15, -0.1) is 0 Å². The number of hydrogen-bond donors (Lipinski definition) is 1. The summed E-state index contributed by atoms with van der Waals surface area (Å²) in [5.74, 6) is 0.115. The van der Waals surface area contributed by atoms with Crippen molar-refractivity contribution in [2.45, 2.75) is 32.7 Å². The van der Waals surface area contributed by atoms with Crippen molar-refractivity contribution in [1.82, 2.24) is 10.2 Å². The van der Waals surface area contributed by atoms with Crippen LogP contribution >= 0.6 is 0 Å². The fraction of sp³-hybridized carbons (Fsp3) is 0.379. The summed E-state index contributed by atoms with van der Waals surface area (Å²) >= 11 is 0. The molecule has 0 unspecified atom stereocenters. The highest BCUT2D eigenvalue weighted by molar-refractivity contribution is 6.01. The molecule has 2 aliphatic rings. The van der Waals surface area contributed by atoms with Crippen LogP contribution in [0.15, 0.2) is 65.3 Å². The monoisotopic (exact) mass is 486 g/mol. The number of nitrogens with one attached hydrogen (secondary N) is 1. The van der Waals surface area contributed by atoms with Gasteiger partial charge in [-0.2, -0.15) is 0 Å². The van der Waals surface area contributed by atoms with Crippen molar-refractivity contribution in [2.24, 2.45) is 0 Å². The highest BCUT2D eigenvalue weighted by atomic mass is 16.3. The molecule has 1 saturated heterocycles. The molecule has 2 aromatic carbocycles. The van der Waals surface area contributed by atoms with Crippen LogP contribution in [0, 0.1) is 6.92 Å². The third kappa shape index (κ3) is 5.46. The molecule has 2 amide bonds. The first-order valence-electron chi connectivity index (χ1n) is 12.9. The Kier molecular flexibility index (Phi) is 7.37. The lowest BCUT2D eigenvalue weighted by atomic mass is 10.1. The topological polar surface area (TPSA) is 69.0 Å². The van der Waals surface area contributed by atoms with E-state index < -0.39 is 0 Å². The number of carbonyl (C=O) groups is 2. The molecule has 0 aliphatic carbocycles. The normalized spacial score (nSPS) is 15.9. The van der Waals surface area contributed by atoms with Crippen LogP contribution in [0.3, 0.4) is 0 Å². The number of unbranched alkanes of at least 4 members (excludes halogenated alkanes) is 1. The molecule has 3 aromatic rings. The standard InChI is InChI=1S/C29H34N4O3/c1-22-7-6-9-25(19-22)32-16-14-31(15-17-32)13-5-4-12-30-29(35)28-24(11-18-36-28)21-33-26-10-3-2-8-23(26)20-27(33)34/h2-3,6-11,18-19H,4-5,12-17,20-21H2,1H3,(H,30,35). The van der Waals surface area contributed by atoms with Gasteiger partial charge >= 0.3 is 0 Å². The number of para-hydroxylation sites is 1. The minimum atomic E-state index is -0.221. The molecule has 0 atom stereocenters. The number of fused-ring (bicyclic) bond motifs is 1. The van der Waals surface area contributed by atoms with Crippen LogP contribution in [0.2, 0.25) is 0 Å². The second-order valence-electron chi connectivity index (χ2n) is 9.69. The first-order valence-corrected chi connectivity index (χ1v) is 12.9. The molecule has 36 heavy (non-hydrogen) atoms. The number of anilines is 2. The van der Waals surface area contributed by atoms with Crippen LogP contribution < -0.4 is 15.1 Å². The van der Waals surface area contributed by atoms with E-state index in [1.807, 2.05) is 24.3 Å². The third-order valence-corrected chi connectivity index (χ3v) is 7.13. The second kappa shape index (κ2) is 11.0. The van der Waals surface area contributed by atoms with Crippen molar-refractivity contribution in [3.05, 3.63) is 83.3 Å². The van der Waals surface area contributed by atoms with Crippen molar-refractivity contribution >= 4 is 23.2 Å². The molecule has 0 radical (unpaired) electrons. The molecule has 1 aromatic heterocycles. The van der Waals surface area contributed by atoms with E-state index >= 15 is 0 Å². The second-order valence-corrected chi connectivity index (χ2v) is 9.69. The Bertz CT molecular complexity index is 1210. The SMILES string of the molecule is Cc1cccc(N2CCN(CCCCNC(=O)c3occc3CN3C(=O)Cc4ccccc43)CC2)c1. The van der Waals surface area contributed by atoms with E-state index in [4.69, 9.17) is 4.42 Å². The highest BCUT2D eigenvalue weighted by Crippen LogP contribution is 2.30. The van der Waals surface area contributed by atoms with Crippen molar-refractivity contribution in [3.63, 3.8) is 0 Å². The number of aryl methyl sites for hydroxylation is 1. The first kappa shape index (κ1) is 24.1. The van der Waals surface area contributed by atoms with Crippen LogP contribution in [0.25, 0.3) is 0 Å². The van der Waals surface area contributed by atoms with Gasteiger partial charge in [0.1, 0.15) is 0 Å². The molecule has 2 aliphatic heterocycles. The van der Waals surface area contributed by atoms with Gasteiger partial charge in [-0.25, -0.2) is 0 Å². The zero-order chi connectivity index (χ0) is 24.9. The van der Waals surface area contributed by atoms with Crippen LogP contribution in [0.4, 0.5) is 11.4 Å². The minimum Gasteiger partial charge on any atom is -0.459 e. The molecule has 7 nitrogen and oxygen atoms in total. The lowest BCUT2D eigenvalue weighted by Crippen LogP contribution is -2.46. The van der Waals surface area contributed by atoms with E-state index in [2.05, 4.69) is 46.3 Å². The lowest BCUT2D eigenvalue weighted by molar-refractivity contribution is -0.117. The molecule has 1 N–H and O–H groups in total. The van der Waals surface area contributed by atoms with E-state index in [9.17, 15) is 9.59 Å². The van der Waals surface area contributed by atoms with Crippen molar-refractivity contribution in [1.29, 1.82) is 0 Å². The van der Waals surface area contributed by atoms with Gasteiger partial charge in [0, 0.05) is 49.7 Å². The maximum Gasteiger partial charge on any atom is 0.287 e. The predicted octanol–water partition coefficient (Wildman–Crippen LogP) is 4.01. The summed E-state index contributed by atoms with van der Waals surface area (Å²) in [6, 6.07) is 18.3. The average Bonchev–Trinajstić information content (AvgIpc) is 3.48. The van der Waals surface area contributed by atoms with Crippen molar-refractivity contribution in [3.8, 4) is 0 Å². The van der Waals surface area contributed by atoms with Gasteiger partial charge < -0.3 is 19.5 Å². The van der Waals surface area contributed by atoms with E-state index in [1.165, 1.54) is 17.5 Å². The van der Waals surface area contributed by atoms with Gasteiger partial charge in [0.2, 0.25) is 5.91 Å². The lowest BCUT2D eigenvalue weighted by Gasteiger charge is -2.36. The number of hydrogen-bond acceptors (Lipinski definition) is 5. The molecule has 0 bridgehead atoms. The Balaban J connectivity index is 1.04. The van der Waals surface area contributed by atoms with Gasteiger partial charge in [0.15, 0.2) is 5.76 Å². The number of nitrogens with zero attached hydrogens (tertiary/aromatic N) is 3. The fourth-order valence-corrected chi connectivity index (χ4v) is 5.12. The van der Waals surface area contributed by atoms with E-state index in [0.717, 1.165) is 62.4 Å². The number of benzene rings is 2. The molecule has 1 fully saturated rings. The summed E-state index contributed by atoms with van der Waals surface area (Å²) in [7, 11) is 0. The van der Waals surface area contributed by atoms with Crippen LogP contribution in [0.1, 0.15) is 40.1 Å². The first-order chi connectivity index (χ1) is 17.6. The Morgan fingerprint density at radius 1 is 1.00 bits per heavy atom. The molecular formula is C29H34N4O3. The van der Waals surface area contributed by atoms with Gasteiger partial charge in [-0.1, -0.05) is 30.3 Å². The predicted molar refractivity (Wildman–Crippen MR) is 141 cm³/mol. The Labute approximate surface area is 212 Å². The molecule has 5 rings (SSSR count). The number of carbonyl (C=O) groups excluding carboxylic acids is 2. The summed E-state index contributed by atoms with van der Waals surface area (Å²) in [5.41, 5.74) is 5.27. The minimum absolute atomic E-state index is 0.0449. The third-order valence-electron chi connectivity index (χ3n) is 7.13. The van der Waals surface area contributed by atoms with Crippen LogP contribution in [-0.2, 0) is 17.8 Å². The van der Waals surface area contributed by atoms with E-state index in [1.54, 1.807) is 11.0 Å². The molecule has 7 heteroatoms. The van der Waals surface area contributed by atoms with E-state index in [-0.39, 0.29) is 11.8 Å². The number of amides is 2. The van der Waals surface area contributed by atoms with Gasteiger partial charge in [-0.3, -0.25) is 14.5 Å². The average molecular weight is 487 g/mol. The Morgan fingerprint density at radius 2 is 1.83 bits per heavy atom. The zero-order valence-electron chi connectivity index (χ0n) is 20.9. The fourth-order valence-electron chi connectivity index (χ4n) is 5.12. The maximum atomic E-state index is 12.8. The molecule has 0 saturated carbocycles. The summed E-state index contributed by atoms with van der Waals surface area (Å²) in [5, 5.41) is 2.99. The van der Waals surface area contributed by atoms with Crippen LogP contribution in [0.5, 0.6) is 0 Å². The Morgan fingerprint density at radius 3 is 2.67 bits per heavy atom.